The molecule has 0 aromatic heterocycles. The van der Waals surface area contributed by atoms with Crippen molar-refractivity contribution in [2.75, 3.05) is 0 Å². The van der Waals surface area contributed by atoms with Gasteiger partial charge in [0.25, 0.3) is 0 Å². The molecule has 0 heterocycles. The van der Waals surface area contributed by atoms with Gasteiger partial charge in [0.15, 0.2) is 5.78 Å². The van der Waals surface area contributed by atoms with Crippen molar-refractivity contribution in [3.8, 4) is 0 Å². The number of rotatable bonds is 7. The van der Waals surface area contributed by atoms with E-state index >= 15 is 0 Å². The topological polar surface area (TPSA) is 34.1 Å². The number of unbranched alkanes of at least 4 members (excludes halogenated alkanes) is 2. The zero-order valence-corrected chi connectivity index (χ0v) is 11.6. The molecule has 0 radical (unpaired) electrons. The molecule has 0 unspecified atom stereocenters. The number of carbonyl (C=O) groups is 2. The van der Waals surface area contributed by atoms with Crippen LogP contribution in [0.15, 0.2) is 18.2 Å². The lowest BCUT2D eigenvalue weighted by Gasteiger charge is -2.05. The molecular formula is C16H22O2. The number of Topliss-reactive ketones (excluding diaryl/α,β-unsaturated/α-hetero) is 2. The summed E-state index contributed by atoms with van der Waals surface area (Å²) in [5, 5.41) is 0. The summed E-state index contributed by atoms with van der Waals surface area (Å²) in [4.78, 5) is 23.7. The minimum atomic E-state index is -0.0472. The molecule has 0 saturated heterocycles. The Hall–Kier alpha value is -1.44. The third-order valence-electron chi connectivity index (χ3n) is 3.10. The summed E-state index contributed by atoms with van der Waals surface area (Å²) < 4.78 is 0. The van der Waals surface area contributed by atoms with E-state index in [4.69, 9.17) is 0 Å². The lowest BCUT2D eigenvalue weighted by molar-refractivity contribution is -0.118. The van der Waals surface area contributed by atoms with Gasteiger partial charge in [-0.15, -0.1) is 0 Å². The van der Waals surface area contributed by atoms with Crippen LogP contribution >= 0.6 is 0 Å². The smallest absolute Gasteiger partial charge is 0.170 e. The Labute approximate surface area is 109 Å². The molecule has 1 aromatic rings. The van der Waals surface area contributed by atoms with Crippen LogP contribution in [0.3, 0.4) is 0 Å². The fraction of sp³-hybridized carbons (Fsp3) is 0.500. The van der Waals surface area contributed by atoms with Crippen molar-refractivity contribution in [1.82, 2.24) is 0 Å². The first-order valence-corrected chi connectivity index (χ1v) is 6.66. The van der Waals surface area contributed by atoms with Gasteiger partial charge in [-0.25, -0.2) is 0 Å². The van der Waals surface area contributed by atoms with Crippen molar-refractivity contribution in [1.29, 1.82) is 0 Å². The SMILES string of the molecule is CCCCCC(=O)CC(=O)c1ccc(C)cc1C. The second-order valence-corrected chi connectivity index (χ2v) is 4.91. The highest BCUT2D eigenvalue weighted by molar-refractivity contribution is 6.08. The fourth-order valence-electron chi connectivity index (χ4n) is 2.06. The Bertz CT molecular complexity index is 433. The van der Waals surface area contributed by atoms with E-state index in [0.29, 0.717) is 12.0 Å². The van der Waals surface area contributed by atoms with Crippen molar-refractivity contribution < 1.29 is 9.59 Å². The van der Waals surface area contributed by atoms with Gasteiger partial charge in [0.05, 0.1) is 6.42 Å². The van der Waals surface area contributed by atoms with Crippen LogP contribution in [0.1, 0.15) is 60.5 Å². The van der Waals surface area contributed by atoms with E-state index in [1.807, 2.05) is 32.0 Å². The molecule has 0 aliphatic rings. The number of carbonyl (C=O) groups excluding carboxylic acids is 2. The third-order valence-corrected chi connectivity index (χ3v) is 3.10. The summed E-state index contributed by atoms with van der Waals surface area (Å²) in [6, 6.07) is 5.73. The number of hydrogen-bond donors (Lipinski definition) is 0. The van der Waals surface area contributed by atoms with E-state index in [1.54, 1.807) is 0 Å². The van der Waals surface area contributed by atoms with Gasteiger partial charge >= 0.3 is 0 Å². The largest absolute Gasteiger partial charge is 0.299 e. The Balaban J connectivity index is 2.57. The van der Waals surface area contributed by atoms with Gasteiger partial charge in [-0.05, 0) is 25.8 Å². The van der Waals surface area contributed by atoms with Gasteiger partial charge in [0, 0.05) is 12.0 Å². The van der Waals surface area contributed by atoms with Crippen LogP contribution in [0.25, 0.3) is 0 Å². The molecule has 1 rings (SSSR count). The van der Waals surface area contributed by atoms with Crippen molar-refractivity contribution in [2.24, 2.45) is 0 Å². The summed E-state index contributed by atoms with van der Waals surface area (Å²) in [7, 11) is 0. The van der Waals surface area contributed by atoms with Crippen LogP contribution in [0.4, 0.5) is 0 Å². The van der Waals surface area contributed by atoms with Crippen LogP contribution in [0.2, 0.25) is 0 Å². The highest BCUT2D eigenvalue weighted by Crippen LogP contribution is 2.14. The average Bonchev–Trinajstić information content (AvgIpc) is 2.28. The van der Waals surface area contributed by atoms with Crippen LogP contribution in [0, 0.1) is 13.8 Å². The number of hydrogen-bond acceptors (Lipinski definition) is 2. The molecule has 0 N–H and O–H groups in total. The predicted molar refractivity (Wildman–Crippen MR) is 74.0 cm³/mol. The van der Waals surface area contributed by atoms with E-state index in [0.717, 1.165) is 30.4 Å². The van der Waals surface area contributed by atoms with Crippen molar-refractivity contribution in [2.45, 2.75) is 52.9 Å². The maximum atomic E-state index is 12.0. The zero-order valence-electron chi connectivity index (χ0n) is 11.6. The summed E-state index contributed by atoms with van der Waals surface area (Å²) in [6.07, 6.45) is 3.63. The Morgan fingerprint density at radius 2 is 1.83 bits per heavy atom. The Kier molecular flexibility index (Phi) is 5.76. The minimum absolute atomic E-state index is 0.0472. The standard InChI is InChI=1S/C16H22O2/c1-4-5-6-7-14(17)11-16(18)15-9-8-12(2)10-13(15)3/h8-10H,4-7,11H2,1-3H3. The van der Waals surface area contributed by atoms with Gasteiger partial charge in [-0.1, -0.05) is 43.5 Å². The number of aryl methyl sites for hydroxylation is 2. The quantitative estimate of drug-likeness (QED) is 0.413. The van der Waals surface area contributed by atoms with Crippen molar-refractivity contribution in [3.05, 3.63) is 34.9 Å². The highest BCUT2D eigenvalue weighted by atomic mass is 16.1. The van der Waals surface area contributed by atoms with Gasteiger partial charge in [-0.3, -0.25) is 9.59 Å². The third kappa shape index (κ3) is 4.44. The lowest BCUT2D eigenvalue weighted by Crippen LogP contribution is -2.09. The van der Waals surface area contributed by atoms with Crippen LogP contribution in [0.5, 0.6) is 0 Å². The van der Waals surface area contributed by atoms with E-state index in [9.17, 15) is 9.59 Å². The predicted octanol–water partition coefficient (Wildman–Crippen LogP) is 4.03. The molecule has 0 saturated carbocycles. The van der Waals surface area contributed by atoms with Crippen LogP contribution < -0.4 is 0 Å². The highest BCUT2D eigenvalue weighted by Gasteiger charge is 2.13. The second-order valence-electron chi connectivity index (χ2n) is 4.91. The van der Waals surface area contributed by atoms with E-state index in [-0.39, 0.29) is 18.0 Å². The molecule has 0 bridgehead atoms. The maximum absolute atomic E-state index is 12.0. The minimum Gasteiger partial charge on any atom is -0.299 e. The van der Waals surface area contributed by atoms with Gasteiger partial charge in [0.2, 0.25) is 0 Å². The second kappa shape index (κ2) is 7.10. The first-order chi connectivity index (χ1) is 8.54. The average molecular weight is 246 g/mol. The molecule has 2 nitrogen and oxygen atoms in total. The maximum Gasteiger partial charge on any atom is 0.170 e. The first-order valence-electron chi connectivity index (χ1n) is 6.66. The molecule has 0 aliphatic carbocycles. The van der Waals surface area contributed by atoms with Crippen molar-refractivity contribution in [3.63, 3.8) is 0 Å². The van der Waals surface area contributed by atoms with Crippen LogP contribution in [-0.2, 0) is 4.79 Å². The zero-order chi connectivity index (χ0) is 13.5. The van der Waals surface area contributed by atoms with Gasteiger partial charge in [-0.2, -0.15) is 0 Å². The molecular weight excluding hydrogens is 224 g/mol. The normalized spacial score (nSPS) is 10.4. The van der Waals surface area contributed by atoms with Gasteiger partial charge < -0.3 is 0 Å². The van der Waals surface area contributed by atoms with E-state index in [1.165, 1.54) is 0 Å². The fourth-order valence-corrected chi connectivity index (χ4v) is 2.06. The molecule has 18 heavy (non-hydrogen) atoms. The van der Waals surface area contributed by atoms with Crippen molar-refractivity contribution >= 4 is 11.6 Å². The molecule has 1 aromatic carbocycles. The lowest BCUT2D eigenvalue weighted by atomic mass is 9.98. The summed E-state index contributed by atoms with van der Waals surface area (Å²) in [5.41, 5.74) is 2.78. The Morgan fingerprint density at radius 1 is 1.11 bits per heavy atom. The molecule has 0 fully saturated rings. The number of ketones is 2. The van der Waals surface area contributed by atoms with Crippen LogP contribution in [-0.4, -0.2) is 11.6 Å². The molecule has 0 atom stereocenters. The first kappa shape index (κ1) is 14.6. The molecule has 0 aliphatic heterocycles. The van der Waals surface area contributed by atoms with E-state index < -0.39 is 0 Å². The summed E-state index contributed by atoms with van der Waals surface area (Å²) in [5.74, 6) is 0.0161. The Morgan fingerprint density at radius 3 is 2.44 bits per heavy atom. The summed E-state index contributed by atoms with van der Waals surface area (Å²) >= 11 is 0. The monoisotopic (exact) mass is 246 g/mol. The van der Waals surface area contributed by atoms with Gasteiger partial charge in [0.1, 0.15) is 5.78 Å². The summed E-state index contributed by atoms with van der Waals surface area (Å²) in [6.45, 7) is 6.02. The molecule has 2 heteroatoms. The molecule has 0 spiro atoms. The molecule has 0 amide bonds. The van der Waals surface area contributed by atoms with E-state index in [2.05, 4.69) is 6.92 Å². The number of benzene rings is 1. The molecule has 98 valence electrons.